The maximum absolute atomic E-state index is 3.18. The van der Waals surface area contributed by atoms with Gasteiger partial charge in [0.2, 0.25) is 0 Å². The molecule has 0 aromatic heterocycles. The zero-order valence-corrected chi connectivity index (χ0v) is 25.4. The number of rotatable bonds is 4. The summed E-state index contributed by atoms with van der Waals surface area (Å²) >= 11 is -3.18. The number of hydrogen-bond acceptors (Lipinski definition) is 0. The van der Waals surface area contributed by atoms with E-state index in [4.69, 9.17) is 0 Å². The maximum atomic E-state index is 2.94. The summed E-state index contributed by atoms with van der Waals surface area (Å²) in [6, 6.07) is 0. The molecule has 0 aliphatic heterocycles. The molecule has 0 radical (unpaired) electrons. The van der Waals surface area contributed by atoms with E-state index in [1.54, 1.807) is 0 Å². The number of allylic oxidation sites excluding steroid dienone is 8. The Balaban J connectivity index is 0.00000109. The van der Waals surface area contributed by atoms with Crippen molar-refractivity contribution >= 4 is 31.8 Å². The SMILES string of the molecule is Cl.Cl.[CH3][Hf]([CH3])(=[SiH2])([CH]1C2=CC=CCC2CC1C1CC1)[CH]1C2=CC=CCC2CC1C1CC1. The fourth-order valence-corrected chi connectivity index (χ4v) is 42.2. The minimum absolute atomic E-state index is 0. The van der Waals surface area contributed by atoms with Crippen molar-refractivity contribution < 1.29 is 17.1 Å². The van der Waals surface area contributed by atoms with E-state index in [1.165, 1.54) is 51.4 Å². The van der Waals surface area contributed by atoms with Gasteiger partial charge in [-0.1, -0.05) is 0 Å². The van der Waals surface area contributed by atoms with E-state index in [0.29, 0.717) is 0 Å². The third-order valence-corrected chi connectivity index (χ3v) is 37.2. The topological polar surface area (TPSA) is 0 Å². The molecule has 6 unspecified atom stereocenters. The van der Waals surface area contributed by atoms with E-state index in [9.17, 15) is 0 Å². The molecule has 0 spiro atoms. The van der Waals surface area contributed by atoms with Gasteiger partial charge in [0, 0.05) is 0 Å². The summed E-state index contributed by atoms with van der Waals surface area (Å²) in [5, 5.41) is 0. The quantitative estimate of drug-likeness (QED) is 0.281. The minimum atomic E-state index is -3.18. The van der Waals surface area contributed by atoms with Crippen LogP contribution in [0, 0.1) is 35.5 Å². The van der Waals surface area contributed by atoms with Crippen LogP contribution in [-0.2, 0) is 17.1 Å². The summed E-state index contributed by atoms with van der Waals surface area (Å²) in [4.78, 5) is 0. The van der Waals surface area contributed by atoms with Crippen molar-refractivity contribution in [2.45, 2.75) is 68.1 Å². The van der Waals surface area contributed by atoms with E-state index < -0.39 is 17.1 Å². The van der Waals surface area contributed by atoms with Crippen molar-refractivity contribution in [1.82, 2.24) is 0 Å². The van der Waals surface area contributed by atoms with Gasteiger partial charge in [0.15, 0.2) is 0 Å². The molecule has 6 atom stereocenters. The van der Waals surface area contributed by atoms with Crippen LogP contribution in [0.25, 0.3) is 0 Å². The predicted octanol–water partition coefficient (Wildman–Crippen LogP) is 7.61. The van der Waals surface area contributed by atoms with Crippen LogP contribution < -0.4 is 0 Å². The Morgan fingerprint density at radius 1 is 0.733 bits per heavy atom. The van der Waals surface area contributed by atoms with E-state index in [1.807, 2.05) is 11.1 Å². The Labute approximate surface area is 198 Å². The summed E-state index contributed by atoms with van der Waals surface area (Å²) in [6.07, 6.45) is 26.9. The first-order valence-corrected chi connectivity index (χ1v) is 31.9. The van der Waals surface area contributed by atoms with E-state index in [0.717, 1.165) is 42.9 Å². The molecule has 30 heavy (non-hydrogen) atoms. The van der Waals surface area contributed by atoms with Crippen LogP contribution in [0.4, 0.5) is 0 Å². The Bertz CT molecular complexity index is 817. The fourth-order valence-electron chi connectivity index (χ4n) is 8.66. The van der Waals surface area contributed by atoms with Gasteiger partial charge in [-0.05, 0) is 0 Å². The van der Waals surface area contributed by atoms with E-state index in [2.05, 4.69) is 52.8 Å². The van der Waals surface area contributed by atoms with E-state index >= 15 is 0 Å². The molecule has 0 N–H and O–H groups in total. The first-order valence-electron chi connectivity index (χ1n) is 12.2. The number of hydrogen-bond donors (Lipinski definition) is 0. The van der Waals surface area contributed by atoms with E-state index in [-0.39, 0.29) is 24.8 Å². The van der Waals surface area contributed by atoms with Crippen LogP contribution in [0.5, 0.6) is 0 Å². The fraction of sp³-hybridized carbons (Fsp3) is 0.692. The molecular formula is C26H40Cl2HfSi. The first-order chi connectivity index (χ1) is 13.4. The van der Waals surface area contributed by atoms with Gasteiger partial charge in [0.25, 0.3) is 0 Å². The Morgan fingerprint density at radius 2 is 1.13 bits per heavy atom. The normalized spacial score (nSPS) is 40.0. The zero-order chi connectivity index (χ0) is 19.1. The Kier molecular flexibility index (Phi) is 6.45. The molecule has 6 aliphatic rings. The van der Waals surface area contributed by atoms with Gasteiger partial charge in [0.05, 0.1) is 0 Å². The summed E-state index contributed by atoms with van der Waals surface area (Å²) in [7, 11) is 0. The average molecular weight is 630 g/mol. The second-order valence-electron chi connectivity index (χ2n) is 12.4. The van der Waals surface area contributed by atoms with Crippen LogP contribution in [0.2, 0.25) is 16.7 Å². The van der Waals surface area contributed by atoms with Crippen molar-refractivity contribution in [3.8, 4) is 0 Å². The summed E-state index contributed by atoms with van der Waals surface area (Å²) < 4.78 is 7.90. The Morgan fingerprint density at radius 3 is 1.50 bits per heavy atom. The first kappa shape index (κ1) is 23.8. The second-order valence-corrected chi connectivity index (χ2v) is 56.3. The summed E-state index contributed by atoms with van der Waals surface area (Å²) in [6.45, 7) is 2.65. The van der Waals surface area contributed by atoms with Crippen LogP contribution in [0.1, 0.15) is 51.4 Å². The molecule has 0 bridgehead atoms. The van der Waals surface area contributed by atoms with Gasteiger partial charge in [0.1, 0.15) is 0 Å². The molecular weight excluding hydrogens is 590 g/mol. The van der Waals surface area contributed by atoms with Crippen molar-refractivity contribution in [2.24, 2.45) is 35.5 Å². The monoisotopic (exact) mass is 630 g/mol. The standard InChI is InChI=1S/2C12H15.2CH3.2ClH.Hf.H2Si/c2*1-2-4-11-8-12(9-5-6-9)7-10(11)3-1;;;;;;/h2*1-3,7,9,11-12H,4-6,8H2;2*1H3;2*1H;;1H2. The summed E-state index contributed by atoms with van der Waals surface area (Å²) in [5.41, 5.74) is 3.89. The molecule has 166 valence electrons. The van der Waals surface area contributed by atoms with Gasteiger partial charge in [-0.2, -0.15) is 0 Å². The molecule has 0 heterocycles. The molecule has 0 saturated heterocycles. The van der Waals surface area contributed by atoms with Gasteiger partial charge in [-0.3, -0.25) is 0 Å². The van der Waals surface area contributed by atoms with Gasteiger partial charge < -0.3 is 0 Å². The Hall–Kier alpha value is 0.627. The number of halogens is 2. The van der Waals surface area contributed by atoms with Crippen molar-refractivity contribution in [2.75, 3.05) is 0 Å². The molecule has 4 heteroatoms. The zero-order valence-electron chi connectivity index (χ0n) is 18.8. The van der Waals surface area contributed by atoms with Crippen LogP contribution >= 0.6 is 24.8 Å². The molecule has 0 aromatic carbocycles. The molecule has 4 saturated carbocycles. The number of fused-ring (bicyclic) bond motifs is 2. The average Bonchev–Trinajstić information content (AvgIpc) is 3.59. The van der Waals surface area contributed by atoms with Crippen LogP contribution in [0.3, 0.4) is 0 Å². The van der Waals surface area contributed by atoms with Crippen LogP contribution in [0.15, 0.2) is 47.6 Å². The van der Waals surface area contributed by atoms with Gasteiger partial charge in [-0.15, -0.1) is 24.8 Å². The molecule has 6 rings (SSSR count). The molecule has 6 aliphatic carbocycles. The third kappa shape index (κ3) is 3.72. The third-order valence-electron chi connectivity index (χ3n) is 9.82. The van der Waals surface area contributed by atoms with Crippen molar-refractivity contribution in [3.05, 3.63) is 47.6 Å². The molecule has 0 aromatic rings. The summed E-state index contributed by atoms with van der Waals surface area (Å²) in [5.74, 6) is 6.03. The second kappa shape index (κ2) is 8.14. The molecule has 4 fully saturated rings. The van der Waals surface area contributed by atoms with Gasteiger partial charge in [-0.25, -0.2) is 0 Å². The predicted molar refractivity (Wildman–Crippen MR) is 135 cm³/mol. The van der Waals surface area contributed by atoms with Crippen molar-refractivity contribution in [3.63, 3.8) is 0 Å². The van der Waals surface area contributed by atoms with Gasteiger partial charge >= 0.3 is 175 Å². The molecule has 0 amide bonds. The van der Waals surface area contributed by atoms with Crippen LogP contribution in [-0.4, -0.2) is 6.94 Å². The van der Waals surface area contributed by atoms with Crippen molar-refractivity contribution in [1.29, 1.82) is 0 Å². The molecule has 0 nitrogen and oxygen atoms in total.